The maximum atomic E-state index is 11.0. The van der Waals surface area contributed by atoms with Gasteiger partial charge in [0.2, 0.25) is 0 Å². The molecule has 0 spiro atoms. The van der Waals surface area contributed by atoms with Gasteiger partial charge in [0.1, 0.15) is 44.7 Å². The number of rotatable bonds is 13. The molecule has 12 nitrogen and oxygen atoms in total. The highest BCUT2D eigenvalue weighted by Gasteiger charge is 2.16. The van der Waals surface area contributed by atoms with Crippen molar-refractivity contribution in [3.8, 4) is 37.6 Å². The minimum atomic E-state index is -0.654. The highest BCUT2D eigenvalue weighted by molar-refractivity contribution is 5.70. The van der Waals surface area contributed by atoms with E-state index in [9.17, 15) is 14.4 Å². The van der Waals surface area contributed by atoms with Gasteiger partial charge >= 0.3 is 17.9 Å². The molecule has 0 fully saturated rings. The third-order valence-electron chi connectivity index (χ3n) is 2.96. The maximum absolute atomic E-state index is 11.0. The molecule has 2 atom stereocenters. The van der Waals surface area contributed by atoms with Crippen molar-refractivity contribution in [2.75, 3.05) is 26.4 Å². The Labute approximate surface area is 282 Å². The van der Waals surface area contributed by atoms with Crippen molar-refractivity contribution in [3.63, 3.8) is 0 Å². The molecule has 45 heavy (non-hydrogen) atoms. The second-order valence-corrected chi connectivity index (χ2v) is 5.25. The van der Waals surface area contributed by atoms with Gasteiger partial charge < -0.3 is 44.8 Å². The second-order valence-electron chi connectivity index (χ2n) is 5.25. The van der Waals surface area contributed by atoms with Gasteiger partial charge in [-0.3, -0.25) is 14.4 Å². The van der Waals surface area contributed by atoms with Crippen molar-refractivity contribution in [1.82, 2.24) is 0 Å². The molecule has 0 amide bonds. The number of terminal acetylenes is 3. The molecule has 0 aromatic rings. The summed E-state index contributed by atoms with van der Waals surface area (Å²) in [6.45, 7) is 5.14. The molecule has 0 aromatic heterocycles. The van der Waals surface area contributed by atoms with Crippen LogP contribution in [0.2, 0.25) is 0 Å². The van der Waals surface area contributed by atoms with Crippen LogP contribution in [0.3, 0.4) is 0 Å². The molecule has 0 rings (SSSR count). The van der Waals surface area contributed by atoms with Crippen LogP contribution in [0.4, 0.5) is 0 Å². The molecular formula is C33H82O12. The summed E-state index contributed by atoms with van der Waals surface area (Å²) in [5.41, 5.74) is 0. The van der Waals surface area contributed by atoms with Crippen LogP contribution in [0.15, 0.2) is 0 Å². The molecule has 0 radical (unpaired) electrons. The van der Waals surface area contributed by atoms with Crippen molar-refractivity contribution in [2.45, 2.75) is 141 Å². The lowest BCUT2D eigenvalue weighted by molar-refractivity contribution is -0.160. The normalized spacial score (nSPS) is 7.20. The zero-order valence-corrected chi connectivity index (χ0v) is 19.0. The van der Waals surface area contributed by atoms with Gasteiger partial charge in [0.15, 0.2) is 12.2 Å². The van der Waals surface area contributed by atoms with E-state index in [4.69, 9.17) is 38.2 Å². The van der Waals surface area contributed by atoms with Gasteiger partial charge in [-0.25, -0.2) is 0 Å². The summed E-state index contributed by atoms with van der Waals surface area (Å²) >= 11 is 0. The van der Waals surface area contributed by atoms with Crippen LogP contribution >= 0.6 is 0 Å². The van der Waals surface area contributed by atoms with E-state index in [-0.39, 0.29) is 157 Å². The van der Waals surface area contributed by atoms with Crippen LogP contribution in [0.5, 0.6) is 0 Å². The van der Waals surface area contributed by atoms with Crippen LogP contribution in [-0.4, -0.2) is 73.0 Å². The fraction of sp³-hybridized carbons (Fsp3) is 0.727. The lowest BCUT2D eigenvalue weighted by Crippen LogP contribution is -2.28. The molecule has 0 aliphatic rings. The van der Waals surface area contributed by atoms with E-state index in [0.717, 1.165) is 0 Å². The van der Waals surface area contributed by atoms with E-state index in [2.05, 4.69) is 9.47 Å². The van der Waals surface area contributed by atoms with Crippen molar-refractivity contribution in [3.05, 3.63) is 0 Å². The molecule has 0 aliphatic heterocycles. The number of esters is 3. The Bertz CT molecular complexity index is 633. The molecule has 286 valence electrons. The van der Waals surface area contributed by atoms with Crippen molar-refractivity contribution in [2.24, 2.45) is 0 Å². The molecular weight excluding hydrogens is 588 g/mol. The first-order valence-electron chi connectivity index (χ1n) is 9.14. The monoisotopic (exact) mass is 671 g/mol. The summed E-state index contributed by atoms with van der Waals surface area (Å²) in [7, 11) is 0. The third kappa shape index (κ3) is 79.3. The van der Waals surface area contributed by atoms with Gasteiger partial charge in [0.05, 0.1) is 0 Å². The molecule has 0 saturated carbocycles. The van der Waals surface area contributed by atoms with Gasteiger partial charge in [-0.2, -0.15) is 0 Å². The van der Waals surface area contributed by atoms with Gasteiger partial charge in [0.25, 0.3) is 0 Å². The van der Waals surface area contributed by atoms with Gasteiger partial charge in [0, 0.05) is 19.3 Å². The smallest absolute Gasteiger partial charge is 0.306 e. The molecule has 0 bridgehead atoms. The van der Waals surface area contributed by atoms with Gasteiger partial charge in [-0.1, -0.05) is 129 Å². The molecule has 0 aromatic carbocycles. The molecule has 12 heteroatoms. The van der Waals surface area contributed by atoms with E-state index in [0.29, 0.717) is 6.42 Å². The number of hydrogen-bond acceptors (Lipinski definition) is 9. The quantitative estimate of drug-likeness (QED) is 0.118. The lowest BCUT2D eigenvalue weighted by atomic mass is 10.4. The van der Waals surface area contributed by atoms with E-state index < -0.39 is 18.2 Å². The van der Waals surface area contributed by atoms with E-state index in [1.165, 1.54) is 0 Å². The average molecular weight is 671 g/mol. The Kier molecular flexibility index (Phi) is 211. The number of carbonyl (C=O) groups is 3. The number of carbonyl (C=O) groups excluding carboxylic acids is 3. The topological polar surface area (TPSA) is 201 Å². The Hall–Kier alpha value is -3.63. The predicted molar refractivity (Wildman–Crippen MR) is 198 cm³/mol. The zero-order valence-electron chi connectivity index (χ0n) is 19.0. The molecule has 0 heterocycles. The summed E-state index contributed by atoms with van der Waals surface area (Å²) in [5.74, 6) is -1.08. The summed E-state index contributed by atoms with van der Waals surface area (Å²) in [4.78, 5) is 32.7. The molecule has 6 N–H and O–H groups in total. The fourth-order valence-electron chi connectivity index (χ4n) is 1.46. The zero-order chi connectivity index (χ0) is 23.2. The van der Waals surface area contributed by atoms with Crippen LogP contribution in [0, 0.1) is 37.6 Å². The third-order valence-corrected chi connectivity index (χ3v) is 2.96. The fourth-order valence-corrected chi connectivity index (χ4v) is 1.46. The maximum Gasteiger partial charge on any atom is 0.306 e. The summed E-state index contributed by atoms with van der Waals surface area (Å²) < 4.78 is 28.7. The van der Waals surface area contributed by atoms with Gasteiger partial charge in [-0.05, 0) is 0 Å². The number of hydrogen-bond donors (Lipinski definition) is 0. The minimum Gasteiger partial charge on any atom is -0.462 e. The summed E-state index contributed by atoms with van der Waals surface area (Å²) in [6.07, 6.45) is 20.2. The van der Waals surface area contributed by atoms with E-state index in [1.54, 1.807) is 20.8 Å². The highest BCUT2D eigenvalue weighted by Crippen LogP contribution is 1.99. The first-order valence-corrected chi connectivity index (χ1v) is 9.14. The Morgan fingerprint density at radius 1 is 0.489 bits per heavy atom. The molecule has 0 saturated heterocycles. The summed E-state index contributed by atoms with van der Waals surface area (Å²) in [5, 5.41) is 0. The first-order chi connectivity index (χ1) is 14.4. The average Bonchev–Trinajstić information content (AvgIpc) is 2.76. The first kappa shape index (κ1) is 114. The van der Waals surface area contributed by atoms with E-state index in [1.807, 2.05) is 18.3 Å². The Morgan fingerprint density at radius 3 is 1.04 bits per heavy atom. The second kappa shape index (κ2) is 83.5. The van der Waals surface area contributed by atoms with Crippen molar-refractivity contribution in [1.29, 1.82) is 0 Å². The summed E-state index contributed by atoms with van der Waals surface area (Å²) in [6, 6.07) is 0. The minimum absolute atomic E-state index is 0. The van der Waals surface area contributed by atoms with Crippen molar-refractivity contribution >= 4 is 17.9 Å². The molecule has 0 aliphatic carbocycles. The van der Waals surface area contributed by atoms with Crippen LogP contribution < -0.4 is 0 Å². The van der Waals surface area contributed by atoms with Crippen LogP contribution in [-0.2, 0) is 42.8 Å². The standard InChI is InChI=1S/C11H16O5.C10H12O4.12CH4.3H2O/c1-4-10(12)15-8-9(7-14-6-3)16-11(13)5-2;1-4-10(11)14-8-9(13-6-3)7-12-5-2;;;;;;;;;;;;;;;/h3,9H,4-5,7-8H2,1-2H3;2-3,9H,4,7-8H2,1H3;12*1H4;3*1H2. The SMILES string of the molecule is C.C.C.C.C.C.C.C.C.C.C.C.C#COCC(COC(=O)CC)OC#C.C#COCC(COC(=O)CC)OC(=O)CC.O.O.O. The van der Waals surface area contributed by atoms with Crippen LogP contribution in [0.1, 0.15) is 129 Å². The number of ether oxygens (including phenoxy) is 6. The predicted octanol–water partition coefficient (Wildman–Crippen LogP) is 6.55. The molecule has 2 unspecified atom stereocenters. The van der Waals surface area contributed by atoms with Crippen LogP contribution in [0.25, 0.3) is 0 Å². The van der Waals surface area contributed by atoms with Crippen molar-refractivity contribution < 1.29 is 59.2 Å². The Morgan fingerprint density at radius 2 is 0.778 bits per heavy atom. The highest BCUT2D eigenvalue weighted by atomic mass is 16.6. The largest absolute Gasteiger partial charge is 0.462 e. The van der Waals surface area contributed by atoms with E-state index >= 15 is 0 Å². The van der Waals surface area contributed by atoms with Gasteiger partial charge in [-0.15, -0.1) is 0 Å². The Balaban J connectivity index is -0.0000000175. The lowest BCUT2D eigenvalue weighted by Gasteiger charge is -2.16.